The summed E-state index contributed by atoms with van der Waals surface area (Å²) >= 11 is 0. The molecule has 0 saturated carbocycles. The highest BCUT2D eigenvalue weighted by Gasteiger charge is 2.37. The quantitative estimate of drug-likeness (QED) is 0.300. The highest BCUT2D eigenvalue weighted by Crippen LogP contribution is 2.34. The Morgan fingerprint density at radius 3 is 2.30 bits per heavy atom. The molecule has 0 saturated heterocycles. The number of para-hydroxylation sites is 1. The molecule has 0 fully saturated rings. The molecule has 202 valence electrons. The summed E-state index contributed by atoms with van der Waals surface area (Å²) < 4.78 is 5.73. The number of carbonyl (C=O) groups excluding carboxylic acids is 3. The van der Waals surface area contributed by atoms with Gasteiger partial charge >= 0.3 is 0 Å². The second kappa shape index (κ2) is 12.3. The van der Waals surface area contributed by atoms with E-state index in [1.165, 1.54) is 4.90 Å². The Hall–Kier alpha value is -4.95. The Balaban J connectivity index is 1.38. The SMILES string of the molecule is NCc1cccc(CNC(=O)c2ccc3c(c2)NC(=O)C(Cc2ccccc2)N3C(=O)COc2ccccc2)c1. The van der Waals surface area contributed by atoms with E-state index in [0.29, 0.717) is 42.2 Å². The Kier molecular flexibility index (Phi) is 8.18. The zero-order valence-electron chi connectivity index (χ0n) is 21.9. The van der Waals surface area contributed by atoms with Gasteiger partial charge in [-0.3, -0.25) is 19.3 Å². The molecular formula is C32H30N4O4. The molecule has 8 heteroatoms. The molecule has 1 aliphatic rings. The van der Waals surface area contributed by atoms with Crippen molar-refractivity contribution >= 4 is 29.1 Å². The van der Waals surface area contributed by atoms with Crippen LogP contribution in [0.2, 0.25) is 0 Å². The standard InChI is InChI=1S/C32H30N4O4/c33-19-23-10-7-11-24(16-23)20-34-31(38)25-14-15-28-27(18-25)35-32(39)29(17-22-8-3-1-4-9-22)36(28)30(37)21-40-26-12-5-2-6-13-26/h1-16,18,29H,17,19-21,33H2,(H,34,38)(H,35,39). The number of hydrogen-bond acceptors (Lipinski definition) is 5. The van der Waals surface area contributed by atoms with Crippen molar-refractivity contribution in [2.24, 2.45) is 5.73 Å². The first-order valence-electron chi connectivity index (χ1n) is 13.1. The van der Waals surface area contributed by atoms with Gasteiger partial charge in [0.2, 0.25) is 5.91 Å². The minimum absolute atomic E-state index is 0.244. The molecule has 4 N–H and O–H groups in total. The van der Waals surface area contributed by atoms with Crippen LogP contribution in [0.5, 0.6) is 5.75 Å². The average Bonchev–Trinajstić information content (AvgIpc) is 3.00. The molecule has 3 amide bonds. The van der Waals surface area contributed by atoms with E-state index in [-0.39, 0.29) is 24.3 Å². The Morgan fingerprint density at radius 1 is 0.850 bits per heavy atom. The van der Waals surface area contributed by atoms with Crippen molar-refractivity contribution in [2.45, 2.75) is 25.6 Å². The highest BCUT2D eigenvalue weighted by molar-refractivity contribution is 6.13. The summed E-state index contributed by atoms with van der Waals surface area (Å²) in [4.78, 5) is 41.3. The van der Waals surface area contributed by atoms with Gasteiger partial charge in [-0.15, -0.1) is 0 Å². The van der Waals surface area contributed by atoms with Gasteiger partial charge in [-0.25, -0.2) is 0 Å². The van der Waals surface area contributed by atoms with Crippen LogP contribution in [0.4, 0.5) is 11.4 Å². The summed E-state index contributed by atoms with van der Waals surface area (Å²) in [6.07, 6.45) is 0.327. The second-order valence-corrected chi connectivity index (χ2v) is 9.50. The van der Waals surface area contributed by atoms with Gasteiger partial charge in [0, 0.05) is 25.1 Å². The number of nitrogens with zero attached hydrogens (tertiary/aromatic N) is 1. The summed E-state index contributed by atoms with van der Waals surface area (Å²) in [5, 5.41) is 5.81. The minimum Gasteiger partial charge on any atom is -0.484 e. The predicted octanol–water partition coefficient (Wildman–Crippen LogP) is 4.05. The van der Waals surface area contributed by atoms with E-state index in [1.807, 2.05) is 72.8 Å². The highest BCUT2D eigenvalue weighted by atomic mass is 16.5. The van der Waals surface area contributed by atoms with Crippen LogP contribution in [0.25, 0.3) is 0 Å². The third-order valence-corrected chi connectivity index (χ3v) is 6.72. The number of rotatable bonds is 9. The van der Waals surface area contributed by atoms with Crippen LogP contribution < -0.4 is 26.0 Å². The molecule has 40 heavy (non-hydrogen) atoms. The van der Waals surface area contributed by atoms with Crippen LogP contribution in [0, 0.1) is 0 Å². The molecule has 0 radical (unpaired) electrons. The average molecular weight is 535 g/mol. The van der Waals surface area contributed by atoms with Crippen molar-refractivity contribution in [3.05, 3.63) is 125 Å². The van der Waals surface area contributed by atoms with Crippen LogP contribution in [-0.2, 0) is 29.1 Å². The van der Waals surface area contributed by atoms with E-state index < -0.39 is 6.04 Å². The molecular weight excluding hydrogens is 504 g/mol. The van der Waals surface area contributed by atoms with Gasteiger partial charge in [-0.2, -0.15) is 0 Å². The monoisotopic (exact) mass is 534 g/mol. The lowest BCUT2D eigenvalue weighted by molar-refractivity contribution is -0.125. The number of fused-ring (bicyclic) bond motifs is 1. The molecule has 4 aromatic rings. The number of hydrogen-bond donors (Lipinski definition) is 3. The Morgan fingerprint density at radius 2 is 1.55 bits per heavy atom. The Bertz CT molecular complexity index is 1510. The first-order chi connectivity index (χ1) is 19.5. The number of carbonyl (C=O) groups is 3. The van der Waals surface area contributed by atoms with Crippen molar-refractivity contribution in [1.82, 2.24) is 5.32 Å². The smallest absolute Gasteiger partial charge is 0.265 e. The predicted molar refractivity (Wildman–Crippen MR) is 154 cm³/mol. The van der Waals surface area contributed by atoms with Gasteiger partial charge in [-0.05, 0) is 47.0 Å². The maximum Gasteiger partial charge on any atom is 0.265 e. The third kappa shape index (κ3) is 6.19. The molecule has 8 nitrogen and oxygen atoms in total. The van der Waals surface area contributed by atoms with Crippen LogP contribution in [0.1, 0.15) is 27.0 Å². The van der Waals surface area contributed by atoms with Crippen molar-refractivity contribution in [2.75, 3.05) is 16.8 Å². The van der Waals surface area contributed by atoms with Crippen molar-refractivity contribution in [1.29, 1.82) is 0 Å². The number of anilines is 2. The van der Waals surface area contributed by atoms with Gasteiger partial charge < -0.3 is 21.1 Å². The van der Waals surface area contributed by atoms with Crippen molar-refractivity contribution < 1.29 is 19.1 Å². The van der Waals surface area contributed by atoms with Gasteiger partial charge in [0.1, 0.15) is 11.8 Å². The molecule has 1 unspecified atom stereocenters. The van der Waals surface area contributed by atoms with Gasteiger partial charge in [-0.1, -0.05) is 72.8 Å². The summed E-state index contributed by atoms with van der Waals surface area (Å²) in [6.45, 7) is 0.506. The minimum atomic E-state index is -0.781. The molecule has 0 spiro atoms. The van der Waals surface area contributed by atoms with Crippen LogP contribution >= 0.6 is 0 Å². The van der Waals surface area contributed by atoms with E-state index in [0.717, 1.165) is 16.7 Å². The lowest BCUT2D eigenvalue weighted by Crippen LogP contribution is -2.53. The fraction of sp³-hybridized carbons (Fsp3) is 0.156. The summed E-state index contributed by atoms with van der Waals surface area (Å²) in [6, 6.07) is 30.4. The summed E-state index contributed by atoms with van der Waals surface area (Å²) in [7, 11) is 0. The summed E-state index contributed by atoms with van der Waals surface area (Å²) in [5.74, 6) is -0.438. The van der Waals surface area contributed by atoms with E-state index in [9.17, 15) is 14.4 Å². The zero-order chi connectivity index (χ0) is 27.9. The van der Waals surface area contributed by atoms with Crippen LogP contribution in [-0.4, -0.2) is 30.4 Å². The van der Waals surface area contributed by atoms with Crippen molar-refractivity contribution in [3.8, 4) is 5.75 Å². The molecule has 0 aliphatic carbocycles. The van der Waals surface area contributed by atoms with E-state index in [4.69, 9.17) is 10.5 Å². The fourth-order valence-corrected chi connectivity index (χ4v) is 4.70. The van der Waals surface area contributed by atoms with Crippen LogP contribution in [0.3, 0.4) is 0 Å². The number of nitrogens with one attached hydrogen (secondary N) is 2. The van der Waals surface area contributed by atoms with E-state index >= 15 is 0 Å². The number of ether oxygens (including phenoxy) is 1. The molecule has 1 atom stereocenters. The molecule has 1 aliphatic heterocycles. The van der Waals surface area contributed by atoms with Gasteiger partial charge in [0.25, 0.3) is 11.8 Å². The molecule has 5 rings (SSSR count). The third-order valence-electron chi connectivity index (χ3n) is 6.72. The fourth-order valence-electron chi connectivity index (χ4n) is 4.70. The molecule has 4 aromatic carbocycles. The number of benzene rings is 4. The lowest BCUT2D eigenvalue weighted by Gasteiger charge is -2.36. The maximum absolute atomic E-state index is 13.5. The first kappa shape index (κ1) is 26.6. The summed E-state index contributed by atoms with van der Waals surface area (Å²) in [5.41, 5.74) is 9.81. The number of amides is 3. The maximum atomic E-state index is 13.5. The number of nitrogens with two attached hydrogens (primary N) is 1. The van der Waals surface area contributed by atoms with Crippen LogP contribution in [0.15, 0.2) is 103 Å². The largest absolute Gasteiger partial charge is 0.484 e. The lowest BCUT2D eigenvalue weighted by atomic mass is 9.99. The topological polar surface area (TPSA) is 114 Å². The molecule has 0 aromatic heterocycles. The second-order valence-electron chi connectivity index (χ2n) is 9.50. The normalized spacial score (nSPS) is 14.2. The molecule has 0 bridgehead atoms. The Labute approximate surface area is 232 Å². The molecule has 1 heterocycles. The zero-order valence-corrected chi connectivity index (χ0v) is 21.9. The van der Waals surface area contributed by atoms with Gasteiger partial charge in [0.15, 0.2) is 6.61 Å². The van der Waals surface area contributed by atoms with Crippen molar-refractivity contribution in [3.63, 3.8) is 0 Å². The van der Waals surface area contributed by atoms with E-state index in [1.54, 1.807) is 30.3 Å². The van der Waals surface area contributed by atoms with E-state index in [2.05, 4.69) is 10.6 Å². The first-order valence-corrected chi connectivity index (χ1v) is 13.1. The van der Waals surface area contributed by atoms with Gasteiger partial charge in [0.05, 0.1) is 11.4 Å².